The number of fused-ring (bicyclic) bond motifs is 1. The third-order valence-corrected chi connectivity index (χ3v) is 5.69. The number of rotatable bonds is 4. The number of benzene rings is 1. The van der Waals surface area contributed by atoms with Gasteiger partial charge in [0.05, 0.1) is 11.0 Å². The summed E-state index contributed by atoms with van der Waals surface area (Å²) in [5, 5.41) is 3.01. The first-order valence-electron chi connectivity index (χ1n) is 8.31. The Morgan fingerprint density at radius 3 is 2.71 bits per heavy atom. The van der Waals surface area contributed by atoms with Gasteiger partial charge in [0.1, 0.15) is 6.54 Å². The average molecular weight is 349 g/mol. The predicted molar refractivity (Wildman–Crippen MR) is 92.4 cm³/mol. The molecule has 1 saturated carbocycles. The highest BCUT2D eigenvalue weighted by Gasteiger charge is 2.25. The van der Waals surface area contributed by atoms with Gasteiger partial charge in [-0.1, -0.05) is 31.9 Å². The Labute approximate surface area is 142 Å². The fourth-order valence-corrected chi connectivity index (χ4v) is 4.24. The van der Waals surface area contributed by atoms with Gasteiger partial charge in [0.25, 0.3) is 0 Å². The molecular weight excluding hydrogens is 326 g/mol. The van der Waals surface area contributed by atoms with Crippen molar-refractivity contribution in [3.05, 3.63) is 24.3 Å². The summed E-state index contributed by atoms with van der Waals surface area (Å²) < 4.78 is 25.6. The second-order valence-corrected chi connectivity index (χ2v) is 8.59. The van der Waals surface area contributed by atoms with Crippen LogP contribution in [0.4, 0.5) is 0 Å². The van der Waals surface area contributed by atoms with Gasteiger partial charge in [-0.3, -0.25) is 4.79 Å². The fourth-order valence-electron chi connectivity index (χ4n) is 3.42. The summed E-state index contributed by atoms with van der Waals surface area (Å²) in [7, 11) is -3.51. The van der Waals surface area contributed by atoms with Crippen molar-refractivity contribution in [1.29, 1.82) is 0 Å². The maximum atomic E-state index is 12.5. The summed E-state index contributed by atoms with van der Waals surface area (Å²) >= 11 is 0. The number of para-hydroxylation sites is 2. The Morgan fingerprint density at radius 2 is 2.00 bits per heavy atom. The largest absolute Gasteiger partial charge is 0.352 e. The third kappa shape index (κ3) is 3.45. The number of imidazole rings is 1. The molecule has 1 aromatic heterocycles. The van der Waals surface area contributed by atoms with Crippen LogP contribution in [0.5, 0.6) is 0 Å². The van der Waals surface area contributed by atoms with Crippen molar-refractivity contribution in [2.75, 3.05) is 6.26 Å². The standard InChI is InChI=1S/C17H23N3O3S/c1-12-7-3-4-8-13(12)18-16(21)11-20-15-10-6-5-9-14(15)19-17(20)24(2,22)23/h5-6,9-10,12-13H,3-4,7-8,11H2,1-2H3,(H,18,21)/t12-,13-/m0/s1. The molecule has 3 rings (SSSR count). The number of nitrogens with one attached hydrogen (secondary N) is 1. The van der Waals surface area contributed by atoms with Gasteiger partial charge in [0.2, 0.25) is 20.9 Å². The predicted octanol–water partition coefficient (Wildman–Crippen LogP) is 2.13. The number of aromatic nitrogens is 2. The van der Waals surface area contributed by atoms with Gasteiger partial charge < -0.3 is 9.88 Å². The molecule has 1 fully saturated rings. The Balaban J connectivity index is 1.87. The lowest BCUT2D eigenvalue weighted by atomic mass is 9.86. The smallest absolute Gasteiger partial charge is 0.240 e. The van der Waals surface area contributed by atoms with E-state index in [0.717, 1.165) is 25.5 Å². The van der Waals surface area contributed by atoms with Crippen LogP contribution in [0.25, 0.3) is 11.0 Å². The number of hydrogen-bond donors (Lipinski definition) is 1. The van der Waals surface area contributed by atoms with Gasteiger partial charge in [0, 0.05) is 12.3 Å². The van der Waals surface area contributed by atoms with Crippen molar-refractivity contribution in [2.24, 2.45) is 5.92 Å². The lowest BCUT2D eigenvalue weighted by Gasteiger charge is -2.29. The molecule has 7 heteroatoms. The molecule has 0 radical (unpaired) electrons. The average Bonchev–Trinajstić information content (AvgIpc) is 2.89. The minimum atomic E-state index is -3.51. The molecule has 130 valence electrons. The molecule has 2 aromatic rings. The summed E-state index contributed by atoms with van der Waals surface area (Å²) in [6, 6.07) is 7.32. The fraction of sp³-hybridized carbons (Fsp3) is 0.529. The Hall–Kier alpha value is -1.89. The maximum Gasteiger partial charge on any atom is 0.240 e. The normalized spacial score (nSPS) is 21.8. The number of amides is 1. The number of carbonyl (C=O) groups is 1. The summed E-state index contributed by atoms with van der Waals surface area (Å²) in [6.07, 6.45) is 5.55. The van der Waals surface area contributed by atoms with Crippen LogP contribution in [-0.2, 0) is 21.2 Å². The highest BCUT2D eigenvalue weighted by molar-refractivity contribution is 7.90. The highest BCUT2D eigenvalue weighted by atomic mass is 32.2. The van der Waals surface area contributed by atoms with Gasteiger partial charge in [-0.05, 0) is 30.9 Å². The van der Waals surface area contributed by atoms with Gasteiger partial charge >= 0.3 is 0 Å². The molecule has 0 saturated heterocycles. The summed E-state index contributed by atoms with van der Waals surface area (Å²) in [5.74, 6) is 0.290. The SMILES string of the molecule is C[C@H]1CCCC[C@@H]1NC(=O)Cn1c(S(C)(=O)=O)nc2ccccc21. The Kier molecular flexibility index (Phi) is 4.62. The van der Waals surface area contributed by atoms with Crippen LogP contribution in [-0.4, -0.2) is 36.2 Å². The molecule has 1 N–H and O–H groups in total. The van der Waals surface area contributed by atoms with E-state index < -0.39 is 9.84 Å². The Morgan fingerprint density at radius 1 is 1.29 bits per heavy atom. The Bertz CT molecular complexity index is 857. The first kappa shape index (κ1) is 17.0. The molecule has 1 aliphatic carbocycles. The molecule has 6 nitrogen and oxygen atoms in total. The van der Waals surface area contributed by atoms with Crippen molar-refractivity contribution in [3.63, 3.8) is 0 Å². The van der Waals surface area contributed by atoms with Crippen molar-refractivity contribution in [3.8, 4) is 0 Å². The molecule has 1 aliphatic rings. The van der Waals surface area contributed by atoms with Crippen LogP contribution < -0.4 is 5.32 Å². The van der Waals surface area contributed by atoms with E-state index in [4.69, 9.17) is 0 Å². The third-order valence-electron chi connectivity index (χ3n) is 4.71. The minimum absolute atomic E-state index is 0.0356. The van der Waals surface area contributed by atoms with Gasteiger partial charge in [0.15, 0.2) is 0 Å². The molecule has 0 unspecified atom stereocenters. The van der Waals surface area contributed by atoms with E-state index in [2.05, 4.69) is 17.2 Å². The molecular formula is C17H23N3O3S. The van der Waals surface area contributed by atoms with Crippen LogP contribution in [0.15, 0.2) is 29.4 Å². The van der Waals surface area contributed by atoms with Crippen LogP contribution in [0.2, 0.25) is 0 Å². The lowest BCUT2D eigenvalue weighted by molar-refractivity contribution is -0.123. The minimum Gasteiger partial charge on any atom is -0.352 e. The lowest BCUT2D eigenvalue weighted by Crippen LogP contribution is -2.42. The quantitative estimate of drug-likeness (QED) is 0.917. The molecule has 24 heavy (non-hydrogen) atoms. The second-order valence-electron chi connectivity index (χ2n) is 6.68. The monoisotopic (exact) mass is 349 g/mol. The molecule has 0 aliphatic heterocycles. The van der Waals surface area contributed by atoms with Crippen LogP contribution in [0, 0.1) is 5.92 Å². The van der Waals surface area contributed by atoms with Gasteiger partial charge in [-0.15, -0.1) is 0 Å². The van der Waals surface area contributed by atoms with E-state index in [9.17, 15) is 13.2 Å². The van der Waals surface area contributed by atoms with Crippen LogP contribution in [0.3, 0.4) is 0 Å². The van der Waals surface area contributed by atoms with Crippen molar-refractivity contribution >= 4 is 26.8 Å². The van der Waals surface area contributed by atoms with E-state index >= 15 is 0 Å². The summed E-state index contributed by atoms with van der Waals surface area (Å²) in [5.41, 5.74) is 1.24. The molecule has 0 spiro atoms. The van der Waals surface area contributed by atoms with E-state index in [1.54, 1.807) is 18.2 Å². The van der Waals surface area contributed by atoms with Gasteiger partial charge in [-0.2, -0.15) is 0 Å². The van der Waals surface area contributed by atoms with E-state index in [1.165, 1.54) is 11.0 Å². The van der Waals surface area contributed by atoms with Crippen molar-refractivity contribution in [1.82, 2.24) is 14.9 Å². The summed E-state index contributed by atoms with van der Waals surface area (Å²) in [4.78, 5) is 16.7. The molecule has 1 aromatic carbocycles. The molecule has 0 bridgehead atoms. The van der Waals surface area contributed by atoms with E-state index in [0.29, 0.717) is 17.0 Å². The first-order valence-corrected chi connectivity index (χ1v) is 10.2. The number of carbonyl (C=O) groups excluding carboxylic acids is 1. The zero-order valence-electron chi connectivity index (χ0n) is 14.0. The van der Waals surface area contributed by atoms with E-state index in [-0.39, 0.29) is 23.7 Å². The van der Waals surface area contributed by atoms with Gasteiger partial charge in [-0.25, -0.2) is 13.4 Å². The summed E-state index contributed by atoms with van der Waals surface area (Å²) in [6.45, 7) is 2.12. The van der Waals surface area contributed by atoms with E-state index in [1.807, 2.05) is 6.07 Å². The zero-order valence-corrected chi connectivity index (χ0v) is 14.8. The first-order chi connectivity index (χ1) is 11.4. The molecule has 2 atom stereocenters. The topological polar surface area (TPSA) is 81.1 Å². The maximum absolute atomic E-state index is 12.5. The number of hydrogen-bond acceptors (Lipinski definition) is 4. The van der Waals surface area contributed by atoms with Crippen molar-refractivity contribution in [2.45, 2.75) is 50.4 Å². The van der Waals surface area contributed by atoms with Crippen molar-refractivity contribution < 1.29 is 13.2 Å². The van der Waals surface area contributed by atoms with Crippen LogP contribution >= 0.6 is 0 Å². The highest BCUT2D eigenvalue weighted by Crippen LogP contribution is 2.24. The second kappa shape index (κ2) is 6.55. The zero-order chi connectivity index (χ0) is 17.3. The number of nitrogens with zero attached hydrogens (tertiary/aromatic N) is 2. The molecule has 1 heterocycles. The molecule has 1 amide bonds. The van der Waals surface area contributed by atoms with Crippen LogP contribution in [0.1, 0.15) is 32.6 Å². The number of sulfone groups is 1.